The highest BCUT2D eigenvalue weighted by Gasteiger charge is 2.22. The first-order chi connectivity index (χ1) is 18.6. The van der Waals surface area contributed by atoms with Gasteiger partial charge < -0.3 is 15.0 Å². The van der Waals surface area contributed by atoms with E-state index in [-0.39, 0.29) is 12.0 Å². The Balaban J connectivity index is 1.07. The largest absolute Gasteiger partial charge is 0.489 e. The van der Waals surface area contributed by atoms with Crippen LogP contribution < -0.4 is 10.1 Å². The minimum absolute atomic E-state index is 0.0770. The van der Waals surface area contributed by atoms with Crippen LogP contribution in [0.15, 0.2) is 60.7 Å². The number of carbonyl (C=O) groups is 1. The molecule has 0 spiro atoms. The maximum atomic E-state index is 12.7. The van der Waals surface area contributed by atoms with Crippen molar-refractivity contribution in [3.63, 3.8) is 0 Å². The van der Waals surface area contributed by atoms with E-state index in [1.807, 2.05) is 12.1 Å². The Morgan fingerprint density at radius 3 is 2.63 bits per heavy atom. The Morgan fingerprint density at radius 2 is 1.82 bits per heavy atom. The molecular weight excluding hydrogens is 494 g/mol. The first-order valence-electron chi connectivity index (χ1n) is 14.2. The van der Waals surface area contributed by atoms with Gasteiger partial charge >= 0.3 is 0 Å². The van der Waals surface area contributed by atoms with Gasteiger partial charge in [-0.3, -0.25) is 9.69 Å². The molecule has 5 rings (SSSR count). The van der Waals surface area contributed by atoms with Crippen molar-refractivity contribution in [2.75, 3.05) is 32.7 Å². The number of likely N-dealkylation sites (tertiary alicyclic amines) is 2. The van der Waals surface area contributed by atoms with Crippen molar-refractivity contribution in [2.45, 2.75) is 64.1 Å². The Hall–Kier alpha value is -2.60. The molecule has 3 aromatic carbocycles. The van der Waals surface area contributed by atoms with Crippen LogP contribution in [0.4, 0.5) is 0 Å². The van der Waals surface area contributed by atoms with Crippen LogP contribution in [-0.2, 0) is 6.54 Å². The van der Waals surface area contributed by atoms with Crippen LogP contribution in [-0.4, -0.2) is 60.6 Å². The molecule has 1 N–H and O–H groups in total. The van der Waals surface area contributed by atoms with Gasteiger partial charge in [0, 0.05) is 44.3 Å². The number of rotatable bonds is 9. The van der Waals surface area contributed by atoms with E-state index in [9.17, 15) is 4.79 Å². The van der Waals surface area contributed by atoms with E-state index < -0.39 is 0 Å². The highest BCUT2D eigenvalue weighted by molar-refractivity contribution is 6.32. The van der Waals surface area contributed by atoms with E-state index >= 15 is 0 Å². The number of amides is 1. The van der Waals surface area contributed by atoms with Gasteiger partial charge in [-0.05, 0) is 80.1 Å². The van der Waals surface area contributed by atoms with Crippen LogP contribution in [0.25, 0.3) is 10.8 Å². The lowest BCUT2D eigenvalue weighted by Crippen LogP contribution is -2.39. The lowest BCUT2D eigenvalue weighted by atomic mass is 10.0. The number of benzene rings is 3. The van der Waals surface area contributed by atoms with Crippen molar-refractivity contribution in [1.82, 2.24) is 15.1 Å². The Kier molecular flexibility index (Phi) is 9.21. The maximum Gasteiger partial charge on any atom is 0.251 e. The number of hydrogen-bond acceptors (Lipinski definition) is 4. The molecule has 0 saturated carbocycles. The van der Waals surface area contributed by atoms with Crippen LogP contribution in [0.1, 0.15) is 61.4 Å². The van der Waals surface area contributed by atoms with E-state index in [2.05, 4.69) is 64.5 Å². The number of nitrogens with zero attached hydrogens (tertiary/aromatic N) is 2. The predicted octanol–water partition coefficient (Wildman–Crippen LogP) is 6.53. The number of nitrogens with one attached hydrogen (secondary N) is 1. The number of piperidine rings is 2. The second kappa shape index (κ2) is 13.0. The fourth-order valence-corrected chi connectivity index (χ4v) is 6.07. The van der Waals surface area contributed by atoms with Crippen molar-refractivity contribution in [3.8, 4) is 5.75 Å². The molecule has 2 fully saturated rings. The van der Waals surface area contributed by atoms with E-state index in [4.69, 9.17) is 16.3 Å². The fraction of sp³-hybridized carbons (Fsp3) is 0.469. The zero-order chi connectivity index (χ0) is 26.3. The average molecular weight is 534 g/mol. The molecule has 0 bridgehead atoms. The molecule has 5 nitrogen and oxygen atoms in total. The van der Waals surface area contributed by atoms with Crippen LogP contribution in [0.3, 0.4) is 0 Å². The van der Waals surface area contributed by atoms with Gasteiger partial charge in [0.2, 0.25) is 0 Å². The van der Waals surface area contributed by atoms with E-state index in [1.165, 1.54) is 42.1 Å². The van der Waals surface area contributed by atoms with Gasteiger partial charge in [0.25, 0.3) is 5.91 Å². The first kappa shape index (κ1) is 27.0. The number of halogens is 1. The summed E-state index contributed by atoms with van der Waals surface area (Å²) in [6.45, 7) is 8.12. The van der Waals surface area contributed by atoms with Gasteiger partial charge in [-0.25, -0.2) is 0 Å². The summed E-state index contributed by atoms with van der Waals surface area (Å²) in [6.07, 6.45) is 6.91. The van der Waals surface area contributed by atoms with Crippen LogP contribution in [0, 0.1) is 0 Å². The normalized spacial score (nSPS) is 19.5. The number of carbonyl (C=O) groups excluding carboxylic acids is 1. The summed E-state index contributed by atoms with van der Waals surface area (Å²) in [5, 5.41) is 6.17. The molecule has 0 aromatic heterocycles. The summed E-state index contributed by atoms with van der Waals surface area (Å²) in [4.78, 5) is 17.7. The smallest absolute Gasteiger partial charge is 0.251 e. The molecule has 0 aliphatic carbocycles. The molecule has 2 aliphatic heterocycles. The summed E-state index contributed by atoms with van der Waals surface area (Å²) in [7, 11) is 0. The van der Waals surface area contributed by atoms with Crippen LogP contribution in [0.2, 0.25) is 5.02 Å². The zero-order valence-electron chi connectivity index (χ0n) is 22.5. The third kappa shape index (κ3) is 6.88. The minimum atomic E-state index is -0.0770. The van der Waals surface area contributed by atoms with Crippen molar-refractivity contribution in [3.05, 3.63) is 76.8 Å². The Labute approximate surface area is 232 Å². The summed E-state index contributed by atoms with van der Waals surface area (Å²) in [5.74, 6) is 0.585. The molecular formula is C32H40ClN3O2. The summed E-state index contributed by atoms with van der Waals surface area (Å²) >= 11 is 6.54. The molecule has 0 radical (unpaired) electrons. The third-order valence-electron chi connectivity index (χ3n) is 8.14. The second-order valence-electron chi connectivity index (χ2n) is 10.9. The molecule has 1 unspecified atom stereocenters. The minimum Gasteiger partial charge on any atom is -0.489 e. The van der Waals surface area contributed by atoms with Gasteiger partial charge in [-0.15, -0.1) is 0 Å². The van der Waals surface area contributed by atoms with Crippen LogP contribution in [0.5, 0.6) is 5.75 Å². The second-order valence-corrected chi connectivity index (χ2v) is 11.3. The first-order valence-corrected chi connectivity index (χ1v) is 14.6. The molecule has 38 heavy (non-hydrogen) atoms. The standard InChI is InChI=1S/C32H40ClN3O2/c1-24-8-4-5-18-36(24)19-7-17-34-32(37)26-13-14-31(30(33)22-26)38-28-15-20-35(21-16-28)23-27-11-6-10-25-9-2-3-12-29(25)27/h2-3,6,9-14,22,24,28H,4-5,7-8,15-21,23H2,1H3,(H,34,37). The van der Waals surface area contributed by atoms with Crippen molar-refractivity contribution in [2.24, 2.45) is 0 Å². The maximum absolute atomic E-state index is 12.7. The number of ether oxygens (including phenoxy) is 1. The van der Waals surface area contributed by atoms with Gasteiger partial charge in [0.1, 0.15) is 11.9 Å². The lowest BCUT2D eigenvalue weighted by Gasteiger charge is -2.33. The molecule has 2 heterocycles. The molecule has 6 heteroatoms. The van der Waals surface area contributed by atoms with E-state index in [1.54, 1.807) is 6.07 Å². The molecule has 202 valence electrons. The average Bonchev–Trinajstić information content (AvgIpc) is 2.94. The van der Waals surface area contributed by atoms with Gasteiger partial charge in [0.15, 0.2) is 0 Å². The van der Waals surface area contributed by atoms with Gasteiger partial charge in [-0.2, -0.15) is 0 Å². The number of fused-ring (bicyclic) bond motifs is 1. The number of hydrogen-bond donors (Lipinski definition) is 1. The van der Waals surface area contributed by atoms with Crippen molar-refractivity contribution >= 4 is 28.3 Å². The molecule has 2 aliphatic rings. The van der Waals surface area contributed by atoms with Gasteiger partial charge in [-0.1, -0.05) is 60.5 Å². The van der Waals surface area contributed by atoms with Crippen molar-refractivity contribution < 1.29 is 9.53 Å². The highest BCUT2D eigenvalue weighted by Crippen LogP contribution is 2.29. The molecule has 2 saturated heterocycles. The summed E-state index contributed by atoms with van der Waals surface area (Å²) < 4.78 is 6.27. The fourth-order valence-electron chi connectivity index (χ4n) is 5.85. The highest BCUT2D eigenvalue weighted by atomic mass is 35.5. The molecule has 3 aromatic rings. The predicted molar refractivity (Wildman–Crippen MR) is 156 cm³/mol. The quantitative estimate of drug-likeness (QED) is 0.317. The lowest BCUT2D eigenvalue weighted by molar-refractivity contribution is 0.0946. The monoisotopic (exact) mass is 533 g/mol. The molecule has 1 atom stereocenters. The van der Waals surface area contributed by atoms with Crippen LogP contribution >= 0.6 is 11.6 Å². The Bertz CT molecular complexity index is 1220. The molecule has 1 amide bonds. The van der Waals surface area contributed by atoms with E-state index in [0.29, 0.717) is 28.9 Å². The van der Waals surface area contributed by atoms with Crippen molar-refractivity contribution in [1.29, 1.82) is 0 Å². The Morgan fingerprint density at radius 1 is 1.00 bits per heavy atom. The third-order valence-corrected chi connectivity index (χ3v) is 8.44. The summed E-state index contributed by atoms with van der Waals surface area (Å²) in [5.41, 5.74) is 1.96. The zero-order valence-corrected chi connectivity index (χ0v) is 23.3. The van der Waals surface area contributed by atoms with E-state index in [0.717, 1.165) is 45.4 Å². The van der Waals surface area contributed by atoms with Gasteiger partial charge in [0.05, 0.1) is 5.02 Å². The topological polar surface area (TPSA) is 44.8 Å². The SMILES string of the molecule is CC1CCCCN1CCCNC(=O)c1ccc(OC2CCN(Cc3cccc4ccccc34)CC2)c(Cl)c1. The summed E-state index contributed by atoms with van der Waals surface area (Å²) in [6, 6.07) is 21.2.